The summed E-state index contributed by atoms with van der Waals surface area (Å²) in [7, 11) is 0. The highest BCUT2D eigenvalue weighted by Crippen LogP contribution is 2.10. The van der Waals surface area contributed by atoms with Gasteiger partial charge < -0.3 is 93.3 Å². The third-order valence-electron chi connectivity index (χ3n) is 9.87. The van der Waals surface area contributed by atoms with E-state index in [0.29, 0.717) is 38.0 Å². The number of aliphatic carboxylic acids is 1. The van der Waals surface area contributed by atoms with Crippen LogP contribution in [0, 0.1) is 0 Å². The van der Waals surface area contributed by atoms with E-state index in [0.717, 1.165) is 0 Å². The number of aliphatic hydroxyl groups is 1. The average molecular weight is 990 g/mol. The molecule has 7 unspecified atom stereocenters. The number of unbranched alkanes of at least 4 members (excludes halogenated alkanes) is 2. The Labute approximate surface area is 399 Å². The molecular weight excluding hydrogens is 915 g/mol. The van der Waals surface area contributed by atoms with Crippen molar-refractivity contribution in [1.82, 2.24) is 37.2 Å². The molecule has 0 aliphatic heterocycles. The standard InChI is InChI=1S/C39H75N17O11S/c1-68-19-14-27(37(66)67)55-35(64)26(12-13-29(43)58)54-36(65)28(21-57)56-34(63)25(11-7-18-49-39(46)47)53-32(61)23(9-3-5-16-41)51-33(62)24(10-6-17-48-38(44)45)52-31(60)22(8-2-4-15-40)50-30(59)20-42/h22-28,57H,2-21,40-42H2,1H3,(H2,43,58)(H,50,59)(H,51,62)(H,52,60)(H,53,61)(H,54,65)(H,55,64)(H,56,63)(H,66,67)(H4,44,45,48)(H4,46,47,49). The number of hydrogen-bond donors (Lipinski definition) is 17. The summed E-state index contributed by atoms with van der Waals surface area (Å²) in [6.45, 7) is -0.810. The van der Waals surface area contributed by atoms with Crippen LogP contribution in [0.4, 0.5) is 0 Å². The molecule has 25 N–H and O–H groups in total. The lowest BCUT2D eigenvalue weighted by atomic mass is 10.0. The zero-order chi connectivity index (χ0) is 51.6. The summed E-state index contributed by atoms with van der Waals surface area (Å²) in [5, 5.41) is 37.2. The van der Waals surface area contributed by atoms with Crippen LogP contribution in [-0.2, 0) is 43.2 Å². The molecule has 0 aliphatic rings. The van der Waals surface area contributed by atoms with Gasteiger partial charge in [0.2, 0.25) is 47.3 Å². The normalized spacial score (nSPS) is 13.9. The van der Waals surface area contributed by atoms with Gasteiger partial charge in [-0.1, -0.05) is 0 Å². The maximum atomic E-state index is 14.1. The molecule has 0 saturated carbocycles. The summed E-state index contributed by atoms with van der Waals surface area (Å²) in [6.07, 6.45) is 2.98. The number of nitrogens with two attached hydrogens (primary N) is 8. The number of carbonyl (C=O) groups excluding carboxylic acids is 8. The quantitative estimate of drug-likeness (QED) is 0.0155. The summed E-state index contributed by atoms with van der Waals surface area (Å²) >= 11 is 1.33. The topological polar surface area (TPSA) is 511 Å². The van der Waals surface area contributed by atoms with E-state index in [1.165, 1.54) is 11.8 Å². The van der Waals surface area contributed by atoms with Crippen molar-refractivity contribution in [3.05, 3.63) is 0 Å². The fourth-order valence-corrected chi connectivity index (χ4v) is 6.67. The smallest absolute Gasteiger partial charge is 0.326 e. The Hall–Kier alpha value is -6.04. The van der Waals surface area contributed by atoms with Crippen LogP contribution in [0.3, 0.4) is 0 Å². The maximum Gasteiger partial charge on any atom is 0.326 e. The van der Waals surface area contributed by atoms with Crippen LogP contribution in [-0.4, -0.2) is 169 Å². The molecule has 0 spiro atoms. The molecule has 0 bridgehead atoms. The zero-order valence-corrected chi connectivity index (χ0v) is 39.5. The molecule has 0 saturated heterocycles. The van der Waals surface area contributed by atoms with Gasteiger partial charge in [-0.05, 0) is 102 Å². The predicted octanol–water partition coefficient (Wildman–Crippen LogP) is -7.20. The van der Waals surface area contributed by atoms with Crippen molar-refractivity contribution in [2.24, 2.45) is 55.9 Å². The number of hydrogen-bond acceptors (Lipinski definition) is 16. The van der Waals surface area contributed by atoms with E-state index < -0.39 is 115 Å². The maximum absolute atomic E-state index is 14.1. The second-order valence-electron chi connectivity index (χ2n) is 15.5. The number of carboxylic acid groups (broad SMARTS) is 1. The van der Waals surface area contributed by atoms with Gasteiger partial charge >= 0.3 is 5.97 Å². The lowest BCUT2D eigenvalue weighted by Gasteiger charge is -2.27. The van der Waals surface area contributed by atoms with Crippen LogP contribution >= 0.6 is 11.8 Å². The Morgan fingerprint density at radius 1 is 0.485 bits per heavy atom. The van der Waals surface area contributed by atoms with Crippen LogP contribution in [0.1, 0.15) is 83.5 Å². The minimum absolute atomic E-state index is 0.00348. The number of amides is 8. The predicted molar refractivity (Wildman–Crippen MR) is 254 cm³/mol. The molecule has 0 aromatic heterocycles. The molecular formula is C39H75N17O11S. The molecule has 0 aromatic carbocycles. The molecule has 28 nitrogen and oxygen atoms in total. The van der Waals surface area contributed by atoms with Crippen LogP contribution in [0.2, 0.25) is 0 Å². The van der Waals surface area contributed by atoms with E-state index in [2.05, 4.69) is 47.2 Å². The second kappa shape index (κ2) is 36.1. The highest BCUT2D eigenvalue weighted by atomic mass is 32.2. The Kier molecular flexibility index (Phi) is 32.9. The summed E-state index contributed by atoms with van der Waals surface area (Å²) < 4.78 is 0. The Bertz CT molecular complexity index is 1690. The number of carboxylic acids is 1. The van der Waals surface area contributed by atoms with Gasteiger partial charge in [0, 0.05) is 19.5 Å². The van der Waals surface area contributed by atoms with Gasteiger partial charge in [0.15, 0.2) is 11.9 Å². The summed E-state index contributed by atoms with van der Waals surface area (Å²) in [5.41, 5.74) is 43.9. The van der Waals surface area contributed by atoms with Crippen molar-refractivity contribution in [2.75, 3.05) is 51.3 Å². The van der Waals surface area contributed by atoms with Gasteiger partial charge in [-0.15, -0.1) is 0 Å². The number of carbonyl (C=O) groups is 9. The molecule has 7 atom stereocenters. The van der Waals surface area contributed by atoms with Crippen molar-refractivity contribution in [1.29, 1.82) is 0 Å². The SMILES string of the molecule is CSCCC(NC(=O)C(CCC(N)=O)NC(=O)C(CO)NC(=O)C(CCCN=C(N)N)NC(=O)C(CCCCN)NC(=O)C(CCCN=C(N)N)NC(=O)C(CCCCN)NC(=O)CN)C(=O)O. The molecule has 68 heavy (non-hydrogen) atoms. The van der Waals surface area contributed by atoms with E-state index in [-0.39, 0.29) is 82.9 Å². The number of aliphatic hydroxyl groups excluding tert-OH is 1. The molecule has 0 aliphatic carbocycles. The second-order valence-corrected chi connectivity index (χ2v) is 16.5. The van der Waals surface area contributed by atoms with Crippen molar-refractivity contribution in [3.8, 4) is 0 Å². The number of aliphatic imine (C=N–C) groups is 2. The third kappa shape index (κ3) is 27.6. The fraction of sp³-hybridized carbons (Fsp3) is 0.718. The molecule has 388 valence electrons. The minimum atomic E-state index is -1.76. The number of nitrogens with zero attached hydrogens (tertiary/aromatic N) is 2. The summed E-state index contributed by atoms with van der Waals surface area (Å²) in [4.78, 5) is 126. The van der Waals surface area contributed by atoms with Gasteiger partial charge in [-0.3, -0.25) is 48.3 Å². The first kappa shape index (κ1) is 62.0. The van der Waals surface area contributed by atoms with Gasteiger partial charge in [0.1, 0.15) is 42.3 Å². The monoisotopic (exact) mass is 990 g/mol. The molecule has 29 heteroatoms. The van der Waals surface area contributed by atoms with Crippen molar-refractivity contribution < 1.29 is 53.4 Å². The molecule has 0 aromatic rings. The highest BCUT2D eigenvalue weighted by Gasteiger charge is 2.34. The highest BCUT2D eigenvalue weighted by molar-refractivity contribution is 7.98. The van der Waals surface area contributed by atoms with Crippen molar-refractivity contribution >= 4 is 76.9 Å². The number of rotatable bonds is 38. The number of guanidine groups is 2. The van der Waals surface area contributed by atoms with E-state index >= 15 is 0 Å². The number of primary amides is 1. The first-order valence-corrected chi connectivity index (χ1v) is 23.6. The van der Waals surface area contributed by atoms with Gasteiger partial charge in [-0.25, -0.2) is 4.79 Å². The molecule has 0 heterocycles. The number of nitrogens with one attached hydrogen (secondary N) is 7. The Balaban J connectivity index is 6.70. The van der Waals surface area contributed by atoms with Crippen molar-refractivity contribution in [2.45, 2.75) is 126 Å². The van der Waals surface area contributed by atoms with Gasteiger partial charge in [0.25, 0.3) is 0 Å². The summed E-state index contributed by atoms with van der Waals surface area (Å²) in [5.74, 6) is -8.40. The van der Waals surface area contributed by atoms with E-state index in [9.17, 15) is 53.4 Å². The van der Waals surface area contributed by atoms with Crippen LogP contribution < -0.4 is 83.1 Å². The van der Waals surface area contributed by atoms with Crippen LogP contribution in [0.15, 0.2) is 9.98 Å². The van der Waals surface area contributed by atoms with Crippen LogP contribution in [0.5, 0.6) is 0 Å². The first-order chi connectivity index (χ1) is 32.2. The van der Waals surface area contributed by atoms with Crippen molar-refractivity contribution in [3.63, 3.8) is 0 Å². The lowest BCUT2D eigenvalue weighted by Crippen LogP contribution is -2.60. The minimum Gasteiger partial charge on any atom is -0.480 e. The van der Waals surface area contributed by atoms with Gasteiger partial charge in [-0.2, -0.15) is 11.8 Å². The average Bonchev–Trinajstić information content (AvgIpc) is 3.28. The van der Waals surface area contributed by atoms with Crippen LogP contribution in [0.25, 0.3) is 0 Å². The lowest BCUT2D eigenvalue weighted by molar-refractivity contribution is -0.142. The van der Waals surface area contributed by atoms with E-state index in [4.69, 9.17) is 45.9 Å². The molecule has 0 fully saturated rings. The summed E-state index contributed by atoms with van der Waals surface area (Å²) in [6, 6.07) is -9.83. The van der Waals surface area contributed by atoms with E-state index in [1.807, 2.05) is 0 Å². The first-order valence-electron chi connectivity index (χ1n) is 22.2. The third-order valence-corrected chi connectivity index (χ3v) is 10.5. The fourth-order valence-electron chi connectivity index (χ4n) is 6.20. The van der Waals surface area contributed by atoms with Gasteiger partial charge in [0.05, 0.1) is 13.2 Å². The largest absolute Gasteiger partial charge is 0.480 e. The number of thioether (sulfide) groups is 1. The Morgan fingerprint density at radius 2 is 0.838 bits per heavy atom. The van der Waals surface area contributed by atoms with E-state index in [1.54, 1.807) is 6.26 Å². The zero-order valence-electron chi connectivity index (χ0n) is 38.7. The molecule has 8 amide bonds. The Morgan fingerprint density at radius 3 is 1.18 bits per heavy atom. The molecule has 0 radical (unpaired) electrons. The molecule has 0 rings (SSSR count).